The van der Waals surface area contributed by atoms with E-state index in [1.54, 1.807) is 17.0 Å². The van der Waals surface area contributed by atoms with Gasteiger partial charge in [0.25, 0.3) is 0 Å². The molecule has 1 amide bonds. The first-order chi connectivity index (χ1) is 12.8. The number of carbonyl (C=O) groups is 1. The number of benzene rings is 2. The molecule has 2 aliphatic rings. The number of amides is 1. The summed E-state index contributed by atoms with van der Waals surface area (Å²) in [5.41, 5.74) is 10.6. The van der Waals surface area contributed by atoms with Crippen LogP contribution in [-0.2, 0) is 27.7 Å². The van der Waals surface area contributed by atoms with Crippen molar-refractivity contribution in [3.8, 4) is 0 Å². The van der Waals surface area contributed by atoms with Crippen LogP contribution in [0, 0.1) is 0 Å². The lowest BCUT2D eigenvalue weighted by Gasteiger charge is -2.32. The van der Waals surface area contributed by atoms with E-state index in [-0.39, 0.29) is 17.3 Å². The Morgan fingerprint density at radius 3 is 2.67 bits per heavy atom. The predicted molar refractivity (Wildman–Crippen MR) is 105 cm³/mol. The van der Waals surface area contributed by atoms with Crippen LogP contribution >= 0.6 is 0 Å². The largest absolute Gasteiger partial charge is 0.398 e. The normalized spacial score (nSPS) is 16.2. The first-order valence-electron chi connectivity index (χ1n) is 8.93. The molecular formula is C19H22N4O3S. The predicted octanol–water partition coefficient (Wildman–Crippen LogP) is 1.26. The molecule has 0 unspecified atom stereocenters. The van der Waals surface area contributed by atoms with Crippen molar-refractivity contribution in [3.05, 3.63) is 47.5 Å². The fourth-order valence-electron chi connectivity index (χ4n) is 3.95. The third kappa shape index (κ3) is 3.26. The Bertz CT molecular complexity index is 1020. The molecule has 8 heteroatoms. The van der Waals surface area contributed by atoms with Crippen LogP contribution < -0.4 is 20.7 Å². The van der Waals surface area contributed by atoms with Gasteiger partial charge in [0.2, 0.25) is 15.9 Å². The van der Waals surface area contributed by atoms with Crippen LogP contribution in [0.5, 0.6) is 0 Å². The van der Waals surface area contributed by atoms with Gasteiger partial charge in [0.15, 0.2) is 0 Å². The molecule has 7 nitrogen and oxygen atoms in total. The molecule has 0 bridgehead atoms. The zero-order chi connectivity index (χ0) is 19.2. The van der Waals surface area contributed by atoms with Gasteiger partial charge in [-0.2, -0.15) is 0 Å². The van der Waals surface area contributed by atoms with E-state index in [0.29, 0.717) is 13.0 Å². The molecule has 0 fully saturated rings. The van der Waals surface area contributed by atoms with Crippen LogP contribution in [0.15, 0.2) is 41.3 Å². The highest BCUT2D eigenvalue weighted by Gasteiger charge is 2.28. The second kappa shape index (κ2) is 6.54. The summed E-state index contributed by atoms with van der Waals surface area (Å²) in [5, 5.41) is 5.20. The third-order valence-corrected chi connectivity index (χ3v) is 6.20. The summed E-state index contributed by atoms with van der Waals surface area (Å²) in [6.07, 6.45) is 2.51. The van der Waals surface area contributed by atoms with Crippen molar-refractivity contribution in [2.24, 2.45) is 5.14 Å². The zero-order valence-corrected chi connectivity index (χ0v) is 15.7. The third-order valence-electron chi connectivity index (χ3n) is 5.29. The molecule has 0 radical (unpaired) electrons. The van der Waals surface area contributed by atoms with Crippen molar-refractivity contribution in [1.82, 2.24) is 0 Å². The van der Waals surface area contributed by atoms with Gasteiger partial charge in [-0.25, -0.2) is 13.6 Å². The maximum absolute atomic E-state index is 13.0. The summed E-state index contributed by atoms with van der Waals surface area (Å²) in [6, 6.07) is 10.5. The van der Waals surface area contributed by atoms with E-state index >= 15 is 0 Å². The summed E-state index contributed by atoms with van der Waals surface area (Å²) in [5.74, 6) is -0.00706. The van der Waals surface area contributed by atoms with Gasteiger partial charge in [-0.3, -0.25) is 4.79 Å². The Labute approximate surface area is 158 Å². The number of carbonyl (C=O) groups excluding carboxylic acids is 1. The van der Waals surface area contributed by atoms with Gasteiger partial charge in [-0.05, 0) is 60.7 Å². The summed E-state index contributed by atoms with van der Waals surface area (Å²) in [6.45, 7) is 1.62. The lowest BCUT2D eigenvalue weighted by molar-refractivity contribution is -0.117. The Morgan fingerprint density at radius 1 is 1.07 bits per heavy atom. The van der Waals surface area contributed by atoms with Crippen LogP contribution in [0.4, 0.5) is 17.1 Å². The van der Waals surface area contributed by atoms with Gasteiger partial charge in [0.05, 0.1) is 11.4 Å². The van der Waals surface area contributed by atoms with Gasteiger partial charge in [-0.1, -0.05) is 6.07 Å². The molecule has 0 aliphatic carbocycles. The smallest absolute Gasteiger partial charge is 0.246 e. The van der Waals surface area contributed by atoms with Gasteiger partial charge >= 0.3 is 0 Å². The van der Waals surface area contributed by atoms with E-state index < -0.39 is 10.0 Å². The standard InChI is InChI=1S/C19H22N4O3S/c20-16-4-1-5-18-15(16)3-2-9-22(18)12-19(24)23-10-8-13-11-14(27(21,25)26)6-7-17(13)23/h1,4-7,11H,2-3,8-10,12,20H2,(H2,21,25,26). The molecule has 27 heavy (non-hydrogen) atoms. The topological polar surface area (TPSA) is 110 Å². The van der Waals surface area contributed by atoms with E-state index in [4.69, 9.17) is 10.9 Å². The van der Waals surface area contributed by atoms with E-state index in [2.05, 4.69) is 4.90 Å². The number of primary sulfonamides is 1. The van der Waals surface area contributed by atoms with Gasteiger partial charge < -0.3 is 15.5 Å². The first kappa shape index (κ1) is 17.8. The van der Waals surface area contributed by atoms with Crippen LogP contribution in [0.2, 0.25) is 0 Å². The summed E-state index contributed by atoms with van der Waals surface area (Å²) < 4.78 is 23.1. The second-order valence-corrected chi connectivity index (χ2v) is 8.56. The molecular weight excluding hydrogens is 364 g/mol. The van der Waals surface area contributed by atoms with Gasteiger partial charge in [0.1, 0.15) is 0 Å². The van der Waals surface area contributed by atoms with E-state index in [0.717, 1.165) is 47.6 Å². The Balaban J connectivity index is 1.56. The number of hydrogen-bond donors (Lipinski definition) is 2. The highest BCUT2D eigenvalue weighted by Crippen LogP contribution is 2.33. The molecule has 2 heterocycles. The Hall–Kier alpha value is -2.58. The molecule has 0 aromatic heterocycles. The van der Waals surface area contributed by atoms with Crippen molar-refractivity contribution < 1.29 is 13.2 Å². The van der Waals surface area contributed by atoms with E-state index in [9.17, 15) is 13.2 Å². The number of rotatable bonds is 3. The van der Waals surface area contributed by atoms with Crippen LogP contribution in [-0.4, -0.2) is 34.0 Å². The fraction of sp³-hybridized carbons (Fsp3) is 0.316. The molecule has 142 valence electrons. The minimum Gasteiger partial charge on any atom is -0.398 e. The molecule has 4 rings (SSSR count). The Morgan fingerprint density at radius 2 is 1.89 bits per heavy atom. The van der Waals surface area contributed by atoms with Crippen molar-refractivity contribution in [3.63, 3.8) is 0 Å². The molecule has 2 aromatic rings. The lowest BCUT2D eigenvalue weighted by atomic mass is 10.00. The second-order valence-electron chi connectivity index (χ2n) is 7.00. The van der Waals surface area contributed by atoms with Crippen molar-refractivity contribution in [1.29, 1.82) is 0 Å². The van der Waals surface area contributed by atoms with Crippen molar-refractivity contribution >= 4 is 33.0 Å². The fourth-order valence-corrected chi connectivity index (χ4v) is 4.52. The number of anilines is 3. The minimum absolute atomic E-state index is 0.00706. The maximum atomic E-state index is 13.0. The van der Waals surface area contributed by atoms with Crippen molar-refractivity contribution in [2.75, 3.05) is 35.2 Å². The number of sulfonamides is 1. The van der Waals surface area contributed by atoms with E-state index in [1.165, 1.54) is 6.07 Å². The molecule has 0 spiro atoms. The first-order valence-corrected chi connectivity index (χ1v) is 10.5. The highest BCUT2D eigenvalue weighted by atomic mass is 32.2. The molecule has 0 saturated carbocycles. The Kier molecular flexibility index (Phi) is 4.32. The quantitative estimate of drug-likeness (QED) is 0.772. The SMILES string of the molecule is Nc1cccc2c1CCCN2CC(=O)N1CCc2cc(S(N)(=O)=O)ccc21. The summed E-state index contributed by atoms with van der Waals surface area (Å²) >= 11 is 0. The molecule has 2 aliphatic heterocycles. The number of nitrogen functional groups attached to an aromatic ring is 1. The molecule has 0 atom stereocenters. The van der Waals surface area contributed by atoms with E-state index in [1.807, 2.05) is 18.2 Å². The number of hydrogen-bond acceptors (Lipinski definition) is 5. The lowest BCUT2D eigenvalue weighted by Crippen LogP contribution is -2.41. The average molecular weight is 386 g/mol. The van der Waals surface area contributed by atoms with Gasteiger partial charge in [-0.15, -0.1) is 0 Å². The van der Waals surface area contributed by atoms with Crippen LogP contribution in [0.3, 0.4) is 0 Å². The summed E-state index contributed by atoms with van der Waals surface area (Å²) in [4.78, 5) is 16.8. The number of nitrogens with zero attached hydrogens (tertiary/aromatic N) is 2. The van der Waals surface area contributed by atoms with Gasteiger partial charge in [0, 0.05) is 30.2 Å². The summed E-state index contributed by atoms with van der Waals surface area (Å²) in [7, 11) is -3.75. The maximum Gasteiger partial charge on any atom is 0.246 e. The van der Waals surface area contributed by atoms with Crippen molar-refractivity contribution in [2.45, 2.75) is 24.2 Å². The average Bonchev–Trinajstić information content (AvgIpc) is 3.05. The number of nitrogens with two attached hydrogens (primary N) is 2. The molecule has 4 N–H and O–H groups in total. The van der Waals surface area contributed by atoms with Crippen LogP contribution in [0.25, 0.3) is 0 Å². The minimum atomic E-state index is -3.75. The number of fused-ring (bicyclic) bond motifs is 2. The monoisotopic (exact) mass is 386 g/mol. The zero-order valence-electron chi connectivity index (χ0n) is 14.9. The highest BCUT2D eigenvalue weighted by molar-refractivity contribution is 7.89. The molecule has 2 aromatic carbocycles. The van der Waals surface area contributed by atoms with Crippen LogP contribution in [0.1, 0.15) is 17.5 Å². The molecule has 0 saturated heterocycles.